The molecule has 2 aliphatic rings. The van der Waals surface area contributed by atoms with Crippen molar-refractivity contribution in [3.8, 4) is 0 Å². The van der Waals surface area contributed by atoms with Crippen molar-refractivity contribution < 1.29 is 4.79 Å². The summed E-state index contributed by atoms with van der Waals surface area (Å²) in [5, 5.41) is 6.67. The Balaban J connectivity index is 1.62. The zero-order chi connectivity index (χ0) is 34.6. The normalized spacial score (nSPS) is 23.0. The summed E-state index contributed by atoms with van der Waals surface area (Å²) in [6.07, 6.45) is 5.55. The predicted molar refractivity (Wildman–Crippen MR) is 226 cm³/mol. The number of hydrogen-bond donors (Lipinski definition) is 2. The second-order valence-corrected chi connectivity index (χ2v) is 17.3. The molecule has 2 fully saturated rings. The first-order valence-corrected chi connectivity index (χ1v) is 16.6. The Labute approximate surface area is 285 Å². The van der Waals surface area contributed by atoms with Crippen LogP contribution in [0.25, 0.3) is 11.0 Å². The van der Waals surface area contributed by atoms with Crippen molar-refractivity contribution in [2.75, 3.05) is 10.2 Å². The molecule has 0 spiro atoms. The number of piperazine rings is 1. The molecule has 0 radical (unpaired) electrons. The number of rotatable bonds is 5. The van der Waals surface area contributed by atoms with E-state index < -0.39 is 5.44 Å². The molecule has 2 N–H and O–H groups in total. The van der Waals surface area contributed by atoms with E-state index in [1.54, 1.807) is 10.8 Å². The van der Waals surface area contributed by atoms with Gasteiger partial charge in [0, 0.05) is 17.0 Å². The van der Waals surface area contributed by atoms with E-state index in [1.165, 1.54) is 6.92 Å². The molecule has 0 aromatic carbocycles. The van der Waals surface area contributed by atoms with E-state index in [9.17, 15) is 9.59 Å². The smallest absolute Gasteiger partial charge is 0.263 e. The molecule has 46 heavy (non-hydrogen) atoms. The number of carbonyl (C=O) groups is 1. The average molecular weight is 601 g/mol. The number of carbonyl (C=O) groups excluding carboxylic acids is 1. The maximum absolute atomic E-state index is 14.3. The van der Waals surface area contributed by atoms with Crippen molar-refractivity contribution >= 4 is 136 Å². The predicted octanol–water partition coefficient (Wildman–Crippen LogP) is -10.6. The lowest BCUT2D eigenvalue weighted by Gasteiger charge is -2.70. The molecular formula is C24H42B13N7O2. The summed E-state index contributed by atoms with van der Waals surface area (Å²) < 4.78 is 1.81. The van der Waals surface area contributed by atoms with Crippen LogP contribution in [0.1, 0.15) is 35.7 Å². The summed E-state index contributed by atoms with van der Waals surface area (Å²) in [6.45, 7) is 3.28. The summed E-state index contributed by atoms with van der Waals surface area (Å²) in [5.41, 5.74) is 1.48. The summed E-state index contributed by atoms with van der Waals surface area (Å²) in [6, 6.07) is 4.06. The van der Waals surface area contributed by atoms with Crippen LogP contribution < -0.4 is 21.1 Å². The number of aromatic nitrogens is 4. The Morgan fingerprint density at radius 2 is 1.39 bits per heavy atom. The molecule has 22 heteroatoms. The standard InChI is InChI=1S/C24H42B13N7O2/c1-9-12-8-39-17(41-15(12)43(16(46)14(9)10(2)45)20(29)18(25,26)5-6-19(20,27)28)40-13-4-3-11(7-38-13)44-23(34,35)21(30,31)42-22(32,33)24(44,36)37/h3-4,7-8,42H,5-6,25-37H2,1-2H3,(H,38,39,40,41). The largest absolute Gasteiger partial charge is 0.390 e. The van der Waals surface area contributed by atoms with E-state index >= 15 is 0 Å². The molecule has 3 aromatic heterocycles. The van der Waals surface area contributed by atoms with Crippen LogP contribution in [0.2, 0.25) is 10.4 Å². The van der Waals surface area contributed by atoms with Crippen LogP contribution in [0.5, 0.6) is 0 Å². The number of pyridine rings is 2. The van der Waals surface area contributed by atoms with Crippen LogP contribution in [-0.2, 0) is 5.44 Å². The van der Waals surface area contributed by atoms with E-state index in [0.29, 0.717) is 28.4 Å². The molecular weight excluding hydrogens is 559 g/mol. The van der Waals surface area contributed by atoms with Crippen LogP contribution in [-0.4, -0.2) is 149 Å². The fourth-order valence-electron chi connectivity index (χ4n) is 8.53. The Morgan fingerprint density at radius 3 is 1.87 bits per heavy atom. The van der Waals surface area contributed by atoms with Gasteiger partial charge in [-0.25, -0.2) is 9.97 Å². The first kappa shape index (κ1) is 34.8. The van der Waals surface area contributed by atoms with Gasteiger partial charge in [-0.1, -0.05) is 23.3 Å². The van der Waals surface area contributed by atoms with Crippen LogP contribution in [0, 0.1) is 6.92 Å². The number of hydrogen-bond acceptors (Lipinski definition) is 8. The molecule has 0 bridgehead atoms. The van der Waals surface area contributed by atoms with Gasteiger partial charge in [0.1, 0.15) is 113 Å². The monoisotopic (exact) mass is 603 g/mol. The first-order chi connectivity index (χ1) is 20.8. The van der Waals surface area contributed by atoms with Crippen molar-refractivity contribution in [2.45, 2.75) is 63.9 Å². The van der Waals surface area contributed by atoms with Gasteiger partial charge in [0.15, 0.2) is 5.78 Å². The second-order valence-electron chi connectivity index (χ2n) is 17.3. The van der Waals surface area contributed by atoms with Crippen molar-refractivity contribution in [1.82, 2.24) is 24.8 Å². The molecule has 0 unspecified atom stereocenters. The summed E-state index contributed by atoms with van der Waals surface area (Å²) in [5.74, 6) is 0.703. The molecule has 1 saturated carbocycles. The van der Waals surface area contributed by atoms with Gasteiger partial charge in [-0.05, 0) is 52.9 Å². The topological polar surface area (TPSA) is 105 Å². The van der Waals surface area contributed by atoms with Gasteiger partial charge >= 0.3 is 0 Å². The van der Waals surface area contributed by atoms with Gasteiger partial charge < -0.3 is 15.5 Å². The zero-order valence-corrected chi connectivity index (χ0v) is 30.8. The Hall–Kier alpha value is -2.49. The average Bonchev–Trinajstić information content (AvgIpc) is 3.07. The van der Waals surface area contributed by atoms with Gasteiger partial charge in [-0.15, -0.1) is 0 Å². The van der Waals surface area contributed by atoms with E-state index in [-0.39, 0.29) is 48.7 Å². The Kier molecular flexibility index (Phi) is 7.96. The lowest BCUT2D eigenvalue weighted by molar-refractivity contribution is 0.101. The molecule has 0 atom stereocenters. The highest BCUT2D eigenvalue weighted by molar-refractivity contribution is 6.62. The Morgan fingerprint density at radius 1 is 0.848 bits per heavy atom. The van der Waals surface area contributed by atoms with E-state index in [0.717, 1.165) is 18.5 Å². The van der Waals surface area contributed by atoms with E-state index in [4.69, 9.17) is 9.97 Å². The minimum Gasteiger partial charge on any atom is -0.390 e. The number of ketones is 1. The van der Waals surface area contributed by atoms with Crippen LogP contribution in [0.15, 0.2) is 29.3 Å². The Bertz CT molecular complexity index is 1770. The van der Waals surface area contributed by atoms with Crippen LogP contribution in [0.4, 0.5) is 17.5 Å². The molecule has 4 heterocycles. The highest BCUT2D eigenvalue weighted by atomic mass is 16.1. The summed E-state index contributed by atoms with van der Waals surface area (Å²) in [7, 11) is 29.1. The van der Waals surface area contributed by atoms with Crippen molar-refractivity contribution in [2.24, 2.45) is 0 Å². The van der Waals surface area contributed by atoms with Gasteiger partial charge in [0.2, 0.25) is 5.95 Å². The minimum atomic E-state index is -0.608. The highest BCUT2D eigenvalue weighted by Crippen LogP contribution is 2.62. The number of nitrogens with zero attached hydrogens (tertiary/aromatic N) is 5. The molecule has 5 rings (SSSR count). The molecule has 0 amide bonds. The number of nitrogens with one attached hydrogen (secondary N) is 2. The molecule has 3 aromatic rings. The number of aryl methyl sites for hydroxylation is 1. The number of anilines is 3. The van der Waals surface area contributed by atoms with Crippen molar-refractivity contribution in [1.29, 1.82) is 0 Å². The summed E-state index contributed by atoms with van der Waals surface area (Å²) >= 11 is 0. The van der Waals surface area contributed by atoms with Crippen molar-refractivity contribution in [3.63, 3.8) is 0 Å². The molecule has 9 nitrogen and oxygen atoms in total. The fraction of sp³-hybridized carbons (Fsp3) is 0.458. The first-order valence-electron chi connectivity index (χ1n) is 16.6. The second kappa shape index (κ2) is 10.5. The van der Waals surface area contributed by atoms with E-state index in [1.807, 2.05) is 19.2 Å². The molecule has 1 aliphatic heterocycles. The van der Waals surface area contributed by atoms with Gasteiger partial charge in [0.25, 0.3) is 5.56 Å². The molecule has 224 valence electrons. The third-order valence-corrected chi connectivity index (χ3v) is 13.0. The van der Waals surface area contributed by atoms with Crippen LogP contribution >= 0.6 is 0 Å². The van der Waals surface area contributed by atoms with Gasteiger partial charge in [0.05, 0.1) is 17.4 Å². The third kappa shape index (κ3) is 4.77. The zero-order valence-electron chi connectivity index (χ0n) is 30.8. The fourth-order valence-corrected chi connectivity index (χ4v) is 8.53. The lowest BCUT2D eigenvalue weighted by atomic mass is 9.27. The molecule has 1 aliphatic carbocycles. The number of fused-ring (bicyclic) bond motifs is 1. The van der Waals surface area contributed by atoms with Crippen LogP contribution in [0.3, 0.4) is 0 Å². The van der Waals surface area contributed by atoms with Crippen molar-refractivity contribution in [3.05, 3.63) is 46.0 Å². The quantitative estimate of drug-likeness (QED) is 0.220. The maximum atomic E-state index is 14.3. The SMILES string of the molecule is BC1(B)CCC(B)(B)C1(B)n1c(=O)c(C(C)=O)c(C)c2cnc(Nc3ccc(N4C(B)(B)C(B)(B)NC(B)(B)C4(B)B)cn3)nc21. The maximum Gasteiger partial charge on any atom is 0.263 e. The van der Waals surface area contributed by atoms with Gasteiger partial charge in [-0.2, -0.15) is 4.98 Å². The molecule has 1 saturated heterocycles. The van der Waals surface area contributed by atoms with E-state index in [2.05, 4.69) is 129 Å². The third-order valence-electron chi connectivity index (χ3n) is 13.0. The number of Topliss-reactive ketones (excluding diaryl/α,β-unsaturated/α-hetero) is 1. The summed E-state index contributed by atoms with van der Waals surface area (Å²) in [4.78, 5) is 44.1. The van der Waals surface area contributed by atoms with Gasteiger partial charge in [-0.3, -0.25) is 14.2 Å². The highest BCUT2D eigenvalue weighted by Gasteiger charge is 2.58. The lowest BCUT2D eigenvalue weighted by Crippen LogP contribution is -2.92. The minimum absolute atomic E-state index is 0.170.